The number of fused-ring (bicyclic) bond motifs is 1. The van der Waals surface area contributed by atoms with E-state index in [9.17, 15) is 9.18 Å². The lowest BCUT2D eigenvalue weighted by molar-refractivity contribution is -0.0804. The predicted molar refractivity (Wildman–Crippen MR) is 104 cm³/mol. The van der Waals surface area contributed by atoms with Gasteiger partial charge in [-0.05, 0) is 56.2 Å². The van der Waals surface area contributed by atoms with Crippen molar-refractivity contribution in [1.82, 2.24) is 14.5 Å². The summed E-state index contributed by atoms with van der Waals surface area (Å²) in [7, 11) is 0. The van der Waals surface area contributed by atoms with Crippen LogP contribution in [0.25, 0.3) is 11.3 Å². The molecular weight excluding hydrogens is 373 g/mol. The predicted octanol–water partition coefficient (Wildman–Crippen LogP) is 3.71. The van der Waals surface area contributed by atoms with E-state index in [1.807, 2.05) is 18.7 Å². The topological polar surface area (TPSA) is 60.5 Å². The highest BCUT2D eigenvalue weighted by atomic mass is 19.1. The molecule has 29 heavy (non-hydrogen) atoms. The van der Waals surface area contributed by atoms with Crippen LogP contribution in [0.3, 0.4) is 0 Å². The number of aromatic nitrogens is 2. The minimum Gasteiger partial charge on any atom is -0.466 e. The lowest BCUT2D eigenvalue weighted by atomic mass is 10.0. The summed E-state index contributed by atoms with van der Waals surface area (Å²) < 4.78 is 27.2. The van der Waals surface area contributed by atoms with E-state index in [-0.39, 0.29) is 11.7 Å². The maximum atomic E-state index is 13.3. The number of hydrogen-bond donors (Lipinski definition) is 0. The molecule has 0 aliphatic carbocycles. The molecule has 0 saturated carbocycles. The molecule has 0 radical (unpaired) electrons. The first-order valence-electron chi connectivity index (χ1n) is 9.75. The SMILES string of the molecule is Cc1cc(C(=O)N2CC[C@]3(C2)Cn2c(-c4ccc(F)cc4)cnc2CO3)c(C)o1. The maximum Gasteiger partial charge on any atom is 0.257 e. The average Bonchev–Trinajstić information content (AvgIpc) is 3.39. The average molecular weight is 395 g/mol. The van der Waals surface area contributed by atoms with Crippen LogP contribution in [0.5, 0.6) is 0 Å². The molecule has 6 nitrogen and oxygen atoms in total. The van der Waals surface area contributed by atoms with E-state index >= 15 is 0 Å². The zero-order valence-corrected chi connectivity index (χ0v) is 16.4. The molecule has 1 atom stereocenters. The second-order valence-corrected chi connectivity index (χ2v) is 7.93. The summed E-state index contributed by atoms with van der Waals surface area (Å²) in [5.41, 5.74) is 2.03. The van der Waals surface area contributed by atoms with Crippen LogP contribution in [0.2, 0.25) is 0 Å². The van der Waals surface area contributed by atoms with Gasteiger partial charge in [-0.15, -0.1) is 0 Å². The highest BCUT2D eigenvalue weighted by Gasteiger charge is 2.45. The monoisotopic (exact) mass is 395 g/mol. The van der Waals surface area contributed by atoms with E-state index in [4.69, 9.17) is 9.15 Å². The second-order valence-electron chi connectivity index (χ2n) is 7.93. The van der Waals surface area contributed by atoms with Crippen LogP contribution >= 0.6 is 0 Å². The third kappa shape index (κ3) is 3.06. The van der Waals surface area contributed by atoms with Crippen molar-refractivity contribution >= 4 is 5.91 Å². The van der Waals surface area contributed by atoms with Crippen LogP contribution < -0.4 is 0 Å². The Morgan fingerprint density at radius 3 is 2.72 bits per heavy atom. The van der Waals surface area contributed by atoms with Gasteiger partial charge in [-0.25, -0.2) is 9.37 Å². The Labute approximate surface area is 167 Å². The number of imidazole rings is 1. The molecule has 2 aliphatic heterocycles. The summed E-state index contributed by atoms with van der Waals surface area (Å²) in [4.78, 5) is 19.3. The number of rotatable bonds is 2. The van der Waals surface area contributed by atoms with Crippen molar-refractivity contribution in [3.63, 3.8) is 0 Å². The minimum absolute atomic E-state index is 0.0185. The maximum absolute atomic E-state index is 13.3. The van der Waals surface area contributed by atoms with Gasteiger partial charge in [0.2, 0.25) is 0 Å². The van der Waals surface area contributed by atoms with Gasteiger partial charge in [-0.2, -0.15) is 0 Å². The summed E-state index contributed by atoms with van der Waals surface area (Å²) in [6.07, 6.45) is 2.57. The Balaban J connectivity index is 1.39. The van der Waals surface area contributed by atoms with Crippen molar-refractivity contribution in [2.45, 2.75) is 39.0 Å². The van der Waals surface area contributed by atoms with Crippen LogP contribution in [0, 0.1) is 19.7 Å². The molecule has 5 rings (SSSR count). The van der Waals surface area contributed by atoms with Crippen molar-refractivity contribution in [2.24, 2.45) is 0 Å². The molecule has 4 heterocycles. The molecule has 0 unspecified atom stereocenters. The molecule has 150 valence electrons. The fraction of sp³-hybridized carbons (Fsp3) is 0.364. The Bertz CT molecular complexity index is 1090. The number of carbonyl (C=O) groups is 1. The molecule has 0 bridgehead atoms. The van der Waals surface area contributed by atoms with Crippen LogP contribution in [0.4, 0.5) is 4.39 Å². The molecule has 1 aromatic carbocycles. The molecule has 1 spiro atoms. The number of halogens is 1. The minimum atomic E-state index is -0.440. The fourth-order valence-electron chi connectivity index (χ4n) is 4.39. The van der Waals surface area contributed by atoms with Gasteiger partial charge in [0, 0.05) is 6.54 Å². The summed E-state index contributed by atoms with van der Waals surface area (Å²) >= 11 is 0. The number of amides is 1. The van der Waals surface area contributed by atoms with E-state index in [2.05, 4.69) is 9.55 Å². The van der Waals surface area contributed by atoms with E-state index in [1.165, 1.54) is 12.1 Å². The molecule has 2 aliphatic rings. The summed E-state index contributed by atoms with van der Waals surface area (Å²) in [6.45, 7) is 5.83. The van der Waals surface area contributed by atoms with Gasteiger partial charge in [-0.3, -0.25) is 4.79 Å². The number of likely N-dealkylation sites (tertiary alicyclic amines) is 1. The van der Waals surface area contributed by atoms with Crippen molar-refractivity contribution < 1.29 is 18.3 Å². The van der Waals surface area contributed by atoms with Crippen molar-refractivity contribution in [1.29, 1.82) is 0 Å². The zero-order chi connectivity index (χ0) is 20.2. The van der Waals surface area contributed by atoms with Crippen molar-refractivity contribution in [2.75, 3.05) is 13.1 Å². The van der Waals surface area contributed by atoms with E-state index < -0.39 is 5.60 Å². The highest BCUT2D eigenvalue weighted by molar-refractivity contribution is 5.95. The lowest BCUT2D eigenvalue weighted by Gasteiger charge is -2.35. The number of nitrogens with zero attached hydrogens (tertiary/aromatic N) is 3. The molecule has 2 aromatic heterocycles. The van der Waals surface area contributed by atoms with Gasteiger partial charge < -0.3 is 18.6 Å². The van der Waals surface area contributed by atoms with Gasteiger partial charge in [0.1, 0.15) is 35.4 Å². The van der Waals surface area contributed by atoms with Crippen molar-refractivity contribution in [3.05, 3.63) is 65.3 Å². The number of benzene rings is 1. The Kier molecular flexibility index (Phi) is 4.10. The largest absolute Gasteiger partial charge is 0.466 e. The second kappa shape index (κ2) is 6.56. The first-order chi connectivity index (χ1) is 13.9. The number of hydrogen-bond acceptors (Lipinski definition) is 4. The van der Waals surface area contributed by atoms with Crippen LogP contribution in [-0.4, -0.2) is 39.0 Å². The molecule has 7 heteroatoms. The van der Waals surface area contributed by atoms with Gasteiger partial charge >= 0.3 is 0 Å². The summed E-state index contributed by atoms with van der Waals surface area (Å²) in [5, 5.41) is 0. The van der Waals surface area contributed by atoms with E-state index in [0.717, 1.165) is 29.3 Å². The summed E-state index contributed by atoms with van der Waals surface area (Å²) in [5.74, 6) is 1.95. The summed E-state index contributed by atoms with van der Waals surface area (Å²) in [6, 6.07) is 8.22. The van der Waals surface area contributed by atoms with Crippen LogP contribution in [-0.2, 0) is 17.9 Å². The zero-order valence-electron chi connectivity index (χ0n) is 16.4. The number of aryl methyl sites for hydroxylation is 2. The third-order valence-electron chi connectivity index (χ3n) is 5.91. The van der Waals surface area contributed by atoms with E-state index in [1.54, 1.807) is 24.4 Å². The first kappa shape index (κ1) is 18.1. The number of carbonyl (C=O) groups excluding carboxylic acids is 1. The molecule has 3 aromatic rings. The normalized spacial score (nSPS) is 21.0. The standard InChI is InChI=1S/C22H22FN3O3/c1-14-9-18(15(2)29-14)21(27)25-8-7-22(12-25)13-26-19(10-24-20(26)11-28-22)16-3-5-17(23)6-4-16/h3-6,9-10H,7-8,11-13H2,1-2H3/t22-/m0/s1. The molecule has 1 amide bonds. The van der Waals surface area contributed by atoms with Gasteiger partial charge in [0.15, 0.2) is 0 Å². The smallest absolute Gasteiger partial charge is 0.257 e. The quantitative estimate of drug-likeness (QED) is 0.664. The molecular formula is C22H22FN3O3. The van der Waals surface area contributed by atoms with Crippen LogP contribution in [0.15, 0.2) is 40.9 Å². The lowest BCUT2D eigenvalue weighted by Crippen LogP contribution is -2.45. The highest BCUT2D eigenvalue weighted by Crippen LogP contribution is 2.36. The van der Waals surface area contributed by atoms with Crippen molar-refractivity contribution in [3.8, 4) is 11.3 Å². The third-order valence-corrected chi connectivity index (χ3v) is 5.91. The Morgan fingerprint density at radius 1 is 1.21 bits per heavy atom. The van der Waals surface area contributed by atoms with Gasteiger partial charge in [0.05, 0.1) is 30.5 Å². The van der Waals surface area contributed by atoms with E-state index in [0.29, 0.717) is 37.6 Å². The fourth-order valence-corrected chi connectivity index (χ4v) is 4.39. The number of furan rings is 1. The number of ether oxygens (including phenoxy) is 1. The van der Waals surface area contributed by atoms with Crippen LogP contribution in [0.1, 0.15) is 34.1 Å². The Morgan fingerprint density at radius 2 is 2.00 bits per heavy atom. The first-order valence-corrected chi connectivity index (χ1v) is 9.75. The molecule has 1 fully saturated rings. The Hall–Kier alpha value is -2.93. The van der Waals surface area contributed by atoms with Gasteiger partial charge in [0.25, 0.3) is 5.91 Å². The molecule has 1 saturated heterocycles. The van der Waals surface area contributed by atoms with Gasteiger partial charge in [-0.1, -0.05) is 0 Å². The molecule has 0 N–H and O–H groups in total.